The molecule has 2 aliphatic heterocycles. The molecule has 3 heterocycles. The molecule has 0 fully saturated rings. The average molecular weight is 587 g/mol. The maximum atomic E-state index is 13.4. The van der Waals surface area contributed by atoms with Crippen molar-refractivity contribution in [2.24, 2.45) is 0 Å². The number of likely N-dealkylation sites (N-methyl/N-ethyl adjacent to an activating group) is 1. The molecule has 4 aromatic rings. The monoisotopic (exact) mass is 586 g/mol. The average Bonchev–Trinajstić information content (AvgIpc) is 3.46. The highest BCUT2D eigenvalue weighted by atomic mass is 16.5. The molecule has 2 N–H and O–H groups in total. The topological polar surface area (TPSA) is 99.7 Å². The summed E-state index contributed by atoms with van der Waals surface area (Å²) in [5.41, 5.74) is 6.65. The lowest BCUT2D eigenvalue weighted by Gasteiger charge is -2.17. The number of hydrogen-bond acceptors (Lipinski definition) is 7. The lowest BCUT2D eigenvalue weighted by Crippen LogP contribution is -2.22. The van der Waals surface area contributed by atoms with E-state index < -0.39 is 0 Å². The summed E-state index contributed by atoms with van der Waals surface area (Å²) in [6.07, 6.45) is 8.11. The van der Waals surface area contributed by atoms with Gasteiger partial charge in [-0.3, -0.25) is 14.5 Å². The van der Waals surface area contributed by atoms with Crippen molar-refractivity contribution >= 4 is 29.1 Å². The molecule has 6 bridgehead atoms. The number of amides is 2. The van der Waals surface area contributed by atoms with E-state index in [2.05, 4.69) is 46.3 Å². The molecule has 1 aromatic heterocycles. The van der Waals surface area contributed by atoms with Crippen LogP contribution in [0.25, 0.3) is 11.3 Å². The molecule has 222 valence electrons. The molecule has 0 unspecified atom stereocenters. The Morgan fingerprint density at radius 2 is 1.89 bits per heavy atom. The molecular weight excluding hydrogens is 552 g/mol. The SMILES string of the molecule is C=CC(=O)N1Cc2ccc(C(=O)Nc3cc4cc(c3)Nc3nccc(n3)-c3cccc(c3)OCC/C=C/CN(C)C4)cc2C1. The van der Waals surface area contributed by atoms with Gasteiger partial charge in [0.05, 0.1) is 12.3 Å². The summed E-state index contributed by atoms with van der Waals surface area (Å²) in [5, 5.41) is 6.41. The van der Waals surface area contributed by atoms with Gasteiger partial charge in [0.15, 0.2) is 0 Å². The minimum Gasteiger partial charge on any atom is -0.493 e. The number of hydrogen-bond donors (Lipinski definition) is 2. The summed E-state index contributed by atoms with van der Waals surface area (Å²) in [6, 6.07) is 21.2. The lowest BCUT2D eigenvalue weighted by molar-refractivity contribution is -0.126. The smallest absolute Gasteiger partial charge is 0.255 e. The molecule has 2 aliphatic rings. The summed E-state index contributed by atoms with van der Waals surface area (Å²) < 4.78 is 5.96. The third-order valence-electron chi connectivity index (χ3n) is 7.56. The van der Waals surface area contributed by atoms with E-state index in [1.165, 1.54) is 6.08 Å². The van der Waals surface area contributed by atoms with Crippen molar-refractivity contribution in [3.63, 3.8) is 0 Å². The first-order valence-corrected chi connectivity index (χ1v) is 14.6. The molecule has 3 aromatic carbocycles. The summed E-state index contributed by atoms with van der Waals surface area (Å²) in [6.45, 7) is 6.57. The number of benzene rings is 3. The van der Waals surface area contributed by atoms with Crippen molar-refractivity contribution in [2.75, 3.05) is 30.8 Å². The first kappa shape index (κ1) is 28.8. The Hall–Kier alpha value is -5.28. The fourth-order valence-corrected chi connectivity index (χ4v) is 5.40. The second-order valence-corrected chi connectivity index (χ2v) is 11.0. The third-order valence-corrected chi connectivity index (χ3v) is 7.56. The van der Waals surface area contributed by atoms with Gasteiger partial charge in [-0.2, -0.15) is 0 Å². The summed E-state index contributed by atoms with van der Waals surface area (Å²) >= 11 is 0. The first-order chi connectivity index (χ1) is 21.4. The van der Waals surface area contributed by atoms with Crippen LogP contribution in [0.5, 0.6) is 5.75 Å². The maximum absolute atomic E-state index is 13.4. The Kier molecular flexibility index (Phi) is 8.47. The molecular formula is C35H34N6O3. The number of ether oxygens (including phenoxy) is 1. The van der Waals surface area contributed by atoms with Gasteiger partial charge >= 0.3 is 0 Å². The number of rotatable bonds is 3. The van der Waals surface area contributed by atoms with Gasteiger partial charge in [0, 0.05) is 54.9 Å². The van der Waals surface area contributed by atoms with Gasteiger partial charge in [0.1, 0.15) is 5.75 Å². The molecule has 9 nitrogen and oxygen atoms in total. The number of fused-ring (bicyclic) bond motifs is 8. The third kappa shape index (κ3) is 6.85. The second-order valence-electron chi connectivity index (χ2n) is 11.0. The van der Waals surface area contributed by atoms with E-state index in [1.54, 1.807) is 17.2 Å². The molecule has 0 spiro atoms. The van der Waals surface area contributed by atoms with Gasteiger partial charge in [0.25, 0.3) is 5.91 Å². The zero-order valence-corrected chi connectivity index (χ0v) is 24.6. The Morgan fingerprint density at radius 1 is 1.00 bits per heavy atom. The normalized spacial score (nSPS) is 15.5. The molecule has 0 atom stereocenters. The summed E-state index contributed by atoms with van der Waals surface area (Å²) in [5.74, 6) is 0.888. The minimum atomic E-state index is -0.226. The van der Waals surface area contributed by atoms with Crippen LogP contribution in [0.4, 0.5) is 17.3 Å². The molecule has 0 saturated heterocycles. The van der Waals surface area contributed by atoms with Crippen LogP contribution in [0.3, 0.4) is 0 Å². The van der Waals surface area contributed by atoms with Gasteiger partial charge in [-0.25, -0.2) is 9.97 Å². The van der Waals surface area contributed by atoms with Gasteiger partial charge in [0.2, 0.25) is 11.9 Å². The second kappa shape index (κ2) is 12.9. The molecule has 9 heteroatoms. The highest BCUT2D eigenvalue weighted by molar-refractivity contribution is 6.04. The van der Waals surface area contributed by atoms with E-state index >= 15 is 0 Å². The predicted octanol–water partition coefficient (Wildman–Crippen LogP) is 5.94. The van der Waals surface area contributed by atoms with Crippen LogP contribution in [0.15, 0.2) is 97.7 Å². The molecule has 0 saturated carbocycles. The van der Waals surface area contributed by atoms with E-state index in [-0.39, 0.29) is 11.8 Å². The van der Waals surface area contributed by atoms with Crippen LogP contribution in [0, 0.1) is 0 Å². The van der Waals surface area contributed by atoms with Crippen molar-refractivity contribution in [1.82, 2.24) is 19.8 Å². The molecule has 0 radical (unpaired) electrons. The fourth-order valence-electron chi connectivity index (χ4n) is 5.40. The Balaban J connectivity index is 1.28. The molecule has 2 amide bonds. The van der Waals surface area contributed by atoms with Gasteiger partial charge in [-0.05, 0) is 84.8 Å². The van der Waals surface area contributed by atoms with Crippen LogP contribution in [-0.2, 0) is 24.4 Å². The van der Waals surface area contributed by atoms with E-state index in [0.717, 1.165) is 52.4 Å². The summed E-state index contributed by atoms with van der Waals surface area (Å²) in [7, 11) is 2.06. The van der Waals surface area contributed by atoms with Crippen LogP contribution in [-0.4, -0.2) is 51.8 Å². The van der Waals surface area contributed by atoms with Gasteiger partial charge < -0.3 is 20.3 Å². The number of aromatic nitrogens is 2. The largest absolute Gasteiger partial charge is 0.493 e. The number of carbonyl (C=O) groups is 2. The van der Waals surface area contributed by atoms with Crippen LogP contribution in [0.2, 0.25) is 0 Å². The van der Waals surface area contributed by atoms with E-state index in [4.69, 9.17) is 9.72 Å². The van der Waals surface area contributed by atoms with Gasteiger partial charge in [-0.15, -0.1) is 0 Å². The Morgan fingerprint density at radius 3 is 2.77 bits per heavy atom. The quantitative estimate of drug-likeness (QED) is 0.227. The number of anilines is 3. The van der Waals surface area contributed by atoms with E-state index in [0.29, 0.717) is 43.4 Å². The van der Waals surface area contributed by atoms with E-state index in [1.807, 2.05) is 60.7 Å². The fraction of sp³-hybridized carbons (Fsp3) is 0.200. The lowest BCUT2D eigenvalue weighted by atomic mass is 10.1. The highest BCUT2D eigenvalue weighted by Crippen LogP contribution is 2.28. The standard InChI is InChI=1S/C35H34N6O3/c1-3-33(42)41-22-27-11-10-26(18-28(27)23-41)34(43)37-29-16-24-17-30(20-29)38-35-36-13-12-32(39-35)25-8-7-9-31(19-25)44-15-6-4-5-14-40(2)21-24/h3-5,7-13,16-20H,1,6,14-15,21-23H2,2H3,(H,37,43)(H,36,38,39)/b5-4+. The zero-order valence-electron chi connectivity index (χ0n) is 24.6. The first-order valence-electron chi connectivity index (χ1n) is 14.6. The van der Waals surface area contributed by atoms with Crippen molar-refractivity contribution < 1.29 is 14.3 Å². The van der Waals surface area contributed by atoms with Crippen LogP contribution in [0.1, 0.15) is 33.5 Å². The Bertz CT molecular complexity index is 1750. The number of nitrogens with one attached hydrogen (secondary N) is 2. The van der Waals surface area contributed by atoms with E-state index in [9.17, 15) is 9.59 Å². The van der Waals surface area contributed by atoms with Crippen LogP contribution < -0.4 is 15.4 Å². The summed E-state index contributed by atoms with van der Waals surface area (Å²) in [4.78, 5) is 38.6. The molecule has 44 heavy (non-hydrogen) atoms. The highest BCUT2D eigenvalue weighted by Gasteiger charge is 2.23. The molecule has 6 rings (SSSR count). The van der Waals surface area contributed by atoms with Crippen LogP contribution >= 0.6 is 0 Å². The van der Waals surface area contributed by atoms with Crippen molar-refractivity contribution in [1.29, 1.82) is 0 Å². The minimum absolute atomic E-state index is 0.121. The van der Waals surface area contributed by atoms with Crippen molar-refractivity contribution in [3.05, 3.63) is 120 Å². The Labute approximate surface area is 256 Å². The molecule has 0 aliphatic carbocycles. The van der Waals surface area contributed by atoms with Crippen molar-refractivity contribution in [3.8, 4) is 17.0 Å². The number of carbonyl (C=O) groups excluding carboxylic acids is 2. The zero-order chi connectivity index (χ0) is 30.5. The van der Waals surface area contributed by atoms with Gasteiger partial charge in [-0.1, -0.05) is 36.9 Å². The number of nitrogens with zero attached hydrogens (tertiary/aromatic N) is 4. The maximum Gasteiger partial charge on any atom is 0.255 e. The predicted molar refractivity (Wildman–Crippen MR) is 172 cm³/mol. The van der Waals surface area contributed by atoms with Crippen molar-refractivity contribution in [2.45, 2.75) is 26.1 Å².